The molecule has 4 heteroatoms. The van der Waals surface area contributed by atoms with Crippen molar-refractivity contribution in [2.24, 2.45) is 0 Å². The van der Waals surface area contributed by atoms with E-state index < -0.39 is 11.6 Å². The molecule has 0 heterocycles. The number of hydrogen-bond acceptors (Lipinski definition) is 1. The smallest absolute Gasteiger partial charge is 0.162 e. The number of rotatable bonds is 5. The number of hydrogen-bond donors (Lipinski definition) is 0. The van der Waals surface area contributed by atoms with Crippen molar-refractivity contribution in [2.45, 2.75) is 31.2 Å². The highest BCUT2D eigenvalue weighted by Crippen LogP contribution is 2.29. The molecule has 21 heavy (non-hydrogen) atoms. The van der Waals surface area contributed by atoms with Crippen LogP contribution in [0.15, 0.2) is 42.5 Å². The molecule has 0 saturated carbocycles. The van der Waals surface area contributed by atoms with Crippen molar-refractivity contribution in [1.29, 1.82) is 0 Å². The van der Waals surface area contributed by atoms with E-state index in [0.717, 1.165) is 17.4 Å². The molecule has 0 bridgehead atoms. The second-order valence-electron chi connectivity index (χ2n) is 5.12. The Bertz CT molecular complexity index is 596. The lowest BCUT2D eigenvalue weighted by Gasteiger charge is -2.13. The van der Waals surface area contributed by atoms with Crippen LogP contribution >= 0.6 is 15.9 Å². The van der Waals surface area contributed by atoms with E-state index in [1.807, 2.05) is 38.1 Å². The molecular weight excluding hydrogens is 338 g/mol. The lowest BCUT2D eigenvalue weighted by Crippen LogP contribution is -2.05. The molecular formula is C17H17BrF2O. The number of benzene rings is 2. The molecule has 112 valence electrons. The Kier molecular flexibility index (Phi) is 5.34. The first-order valence-electron chi connectivity index (χ1n) is 6.81. The van der Waals surface area contributed by atoms with E-state index in [2.05, 4.69) is 15.9 Å². The van der Waals surface area contributed by atoms with Crippen molar-refractivity contribution < 1.29 is 13.5 Å². The first kappa shape index (κ1) is 16.0. The van der Waals surface area contributed by atoms with Gasteiger partial charge in [-0.05, 0) is 49.6 Å². The average molecular weight is 355 g/mol. The summed E-state index contributed by atoms with van der Waals surface area (Å²) in [5.41, 5.74) is 1.36. The second-order valence-corrected chi connectivity index (χ2v) is 6.23. The Morgan fingerprint density at radius 2 is 1.71 bits per heavy atom. The third-order valence-corrected chi connectivity index (χ3v) is 3.90. The van der Waals surface area contributed by atoms with Crippen LogP contribution in [0.4, 0.5) is 8.78 Å². The van der Waals surface area contributed by atoms with Crippen LogP contribution in [0.1, 0.15) is 29.8 Å². The zero-order valence-corrected chi connectivity index (χ0v) is 13.5. The molecule has 2 aromatic rings. The van der Waals surface area contributed by atoms with Crippen LogP contribution in [-0.4, -0.2) is 6.10 Å². The Morgan fingerprint density at radius 1 is 1.05 bits per heavy atom. The zero-order chi connectivity index (χ0) is 15.4. The van der Waals surface area contributed by atoms with Crippen LogP contribution in [-0.2, 0) is 6.42 Å². The number of alkyl halides is 1. The molecule has 0 aliphatic carbocycles. The van der Waals surface area contributed by atoms with Gasteiger partial charge in [0.1, 0.15) is 5.75 Å². The lowest BCUT2D eigenvalue weighted by molar-refractivity contribution is 0.242. The van der Waals surface area contributed by atoms with E-state index in [-0.39, 0.29) is 10.9 Å². The fraction of sp³-hybridized carbons (Fsp3) is 0.294. The predicted molar refractivity (Wildman–Crippen MR) is 83.9 cm³/mol. The van der Waals surface area contributed by atoms with E-state index >= 15 is 0 Å². The van der Waals surface area contributed by atoms with Gasteiger partial charge in [0.15, 0.2) is 11.6 Å². The van der Waals surface area contributed by atoms with E-state index in [0.29, 0.717) is 12.0 Å². The summed E-state index contributed by atoms with van der Waals surface area (Å²) in [4.78, 5) is -0.0816. The fourth-order valence-electron chi connectivity index (χ4n) is 2.04. The van der Waals surface area contributed by atoms with Crippen molar-refractivity contribution in [2.75, 3.05) is 0 Å². The summed E-state index contributed by atoms with van der Waals surface area (Å²) in [5.74, 6) is -0.792. The zero-order valence-electron chi connectivity index (χ0n) is 11.9. The fourth-order valence-corrected chi connectivity index (χ4v) is 2.70. The van der Waals surface area contributed by atoms with E-state index in [1.165, 1.54) is 6.07 Å². The summed E-state index contributed by atoms with van der Waals surface area (Å²) < 4.78 is 32.4. The Balaban J connectivity index is 2.09. The number of ether oxygens (including phenoxy) is 1. The molecule has 1 nitrogen and oxygen atoms in total. The largest absolute Gasteiger partial charge is 0.491 e. The Hall–Kier alpha value is -1.42. The average Bonchev–Trinajstić information content (AvgIpc) is 2.44. The molecule has 0 aromatic heterocycles. The summed E-state index contributed by atoms with van der Waals surface area (Å²) in [5, 5.41) is 0. The summed E-state index contributed by atoms with van der Waals surface area (Å²) in [6.45, 7) is 3.93. The maximum absolute atomic E-state index is 13.7. The van der Waals surface area contributed by atoms with Crippen molar-refractivity contribution in [1.82, 2.24) is 0 Å². The quantitative estimate of drug-likeness (QED) is 0.650. The van der Waals surface area contributed by atoms with Gasteiger partial charge in [-0.1, -0.05) is 40.2 Å². The van der Waals surface area contributed by atoms with Gasteiger partial charge < -0.3 is 4.74 Å². The van der Waals surface area contributed by atoms with Gasteiger partial charge >= 0.3 is 0 Å². The standard InChI is InChI=1S/C17H17BrF2O/c1-11(2)21-14-8-6-12(7-9-14)15(18)10-13-4-3-5-16(19)17(13)20/h3-9,11,15H,10H2,1-2H3. The minimum atomic E-state index is -0.812. The molecule has 0 N–H and O–H groups in total. The van der Waals surface area contributed by atoms with Gasteiger partial charge in [0, 0.05) is 4.83 Å². The van der Waals surface area contributed by atoms with Gasteiger partial charge in [-0.15, -0.1) is 0 Å². The molecule has 0 fully saturated rings. The SMILES string of the molecule is CC(C)Oc1ccc(C(Br)Cc2cccc(F)c2F)cc1. The van der Waals surface area contributed by atoms with E-state index in [9.17, 15) is 8.78 Å². The van der Waals surface area contributed by atoms with Crippen LogP contribution in [0.2, 0.25) is 0 Å². The third-order valence-electron chi connectivity index (χ3n) is 3.04. The normalized spacial score (nSPS) is 12.5. The molecule has 0 aliphatic rings. The molecule has 1 unspecified atom stereocenters. The summed E-state index contributed by atoms with van der Waals surface area (Å²) in [6.07, 6.45) is 0.505. The number of halogens is 3. The van der Waals surface area contributed by atoms with Gasteiger partial charge in [-0.2, -0.15) is 0 Å². The Morgan fingerprint density at radius 3 is 2.33 bits per heavy atom. The second kappa shape index (κ2) is 7.03. The van der Waals surface area contributed by atoms with Gasteiger partial charge in [0.25, 0.3) is 0 Å². The predicted octanol–water partition coefficient (Wildman–Crippen LogP) is 5.43. The van der Waals surface area contributed by atoms with Gasteiger partial charge in [-0.25, -0.2) is 8.78 Å². The minimum Gasteiger partial charge on any atom is -0.491 e. The van der Waals surface area contributed by atoms with Crippen molar-refractivity contribution in [3.8, 4) is 5.75 Å². The minimum absolute atomic E-state index is 0.0816. The van der Waals surface area contributed by atoms with Crippen LogP contribution in [0, 0.1) is 11.6 Å². The molecule has 0 amide bonds. The third kappa shape index (κ3) is 4.27. The highest BCUT2D eigenvalue weighted by atomic mass is 79.9. The molecule has 2 aromatic carbocycles. The molecule has 0 spiro atoms. The maximum atomic E-state index is 13.7. The maximum Gasteiger partial charge on any atom is 0.162 e. The molecule has 1 atom stereocenters. The first-order chi connectivity index (χ1) is 9.97. The van der Waals surface area contributed by atoms with E-state index in [1.54, 1.807) is 6.07 Å². The Labute approximate surface area is 132 Å². The molecule has 0 saturated heterocycles. The van der Waals surface area contributed by atoms with E-state index in [4.69, 9.17) is 4.74 Å². The summed E-state index contributed by atoms with van der Waals surface area (Å²) >= 11 is 3.53. The molecule has 2 rings (SSSR count). The van der Waals surface area contributed by atoms with Gasteiger partial charge in [0.05, 0.1) is 6.10 Å². The highest BCUT2D eigenvalue weighted by molar-refractivity contribution is 9.09. The van der Waals surface area contributed by atoms with Crippen molar-refractivity contribution in [3.05, 3.63) is 65.2 Å². The molecule has 0 aliphatic heterocycles. The lowest BCUT2D eigenvalue weighted by atomic mass is 10.0. The van der Waals surface area contributed by atoms with Crippen LogP contribution in [0.5, 0.6) is 5.75 Å². The highest BCUT2D eigenvalue weighted by Gasteiger charge is 2.14. The summed E-state index contributed by atoms with van der Waals surface area (Å²) in [6, 6.07) is 11.9. The van der Waals surface area contributed by atoms with Gasteiger partial charge in [0.2, 0.25) is 0 Å². The molecule has 0 radical (unpaired) electrons. The van der Waals surface area contributed by atoms with Crippen molar-refractivity contribution in [3.63, 3.8) is 0 Å². The topological polar surface area (TPSA) is 9.23 Å². The van der Waals surface area contributed by atoms with Crippen LogP contribution in [0.3, 0.4) is 0 Å². The monoisotopic (exact) mass is 354 g/mol. The van der Waals surface area contributed by atoms with Gasteiger partial charge in [-0.3, -0.25) is 0 Å². The first-order valence-corrected chi connectivity index (χ1v) is 7.72. The van der Waals surface area contributed by atoms with Crippen LogP contribution < -0.4 is 4.74 Å². The summed E-state index contributed by atoms with van der Waals surface area (Å²) in [7, 11) is 0. The van der Waals surface area contributed by atoms with Crippen LogP contribution in [0.25, 0.3) is 0 Å². The van der Waals surface area contributed by atoms with Crippen molar-refractivity contribution >= 4 is 15.9 Å².